The summed E-state index contributed by atoms with van der Waals surface area (Å²) < 4.78 is 18.4. The van der Waals surface area contributed by atoms with E-state index in [9.17, 15) is 9.18 Å². The summed E-state index contributed by atoms with van der Waals surface area (Å²) in [6.07, 6.45) is 0. The summed E-state index contributed by atoms with van der Waals surface area (Å²) in [4.78, 5) is 12.3. The number of para-hydroxylation sites is 1. The monoisotopic (exact) mass is 287 g/mol. The number of carbonyl (C=O) groups excluding carboxylic acids is 1. The molecule has 1 unspecified atom stereocenters. The van der Waals surface area contributed by atoms with Crippen molar-refractivity contribution in [1.29, 1.82) is 0 Å². The molecule has 0 heterocycles. The van der Waals surface area contributed by atoms with E-state index in [1.165, 1.54) is 19.2 Å². The maximum atomic E-state index is 13.5. The quantitative estimate of drug-likeness (QED) is 0.873. The number of nitrogens with one attached hydrogen (secondary N) is 1. The van der Waals surface area contributed by atoms with Crippen molar-refractivity contribution < 1.29 is 13.9 Å². The first-order chi connectivity index (χ1) is 9.97. The summed E-state index contributed by atoms with van der Waals surface area (Å²) in [6, 6.07) is 13.5. The molecule has 0 aromatic heterocycles. The Labute approximate surface area is 123 Å². The standard InChI is InChI=1S/C17H18FNO2/c1-12-7-4-5-10-15(12)19-17(2,16(20)21-3)13-8-6-9-14(18)11-13/h4-11,19H,1-3H3. The number of carbonyl (C=O) groups is 1. The van der Waals surface area contributed by atoms with E-state index < -0.39 is 17.3 Å². The van der Waals surface area contributed by atoms with Crippen LogP contribution in [0.25, 0.3) is 0 Å². The molecule has 110 valence electrons. The maximum absolute atomic E-state index is 13.5. The van der Waals surface area contributed by atoms with E-state index in [1.54, 1.807) is 19.1 Å². The van der Waals surface area contributed by atoms with Gasteiger partial charge in [-0.1, -0.05) is 30.3 Å². The van der Waals surface area contributed by atoms with Gasteiger partial charge in [0, 0.05) is 5.69 Å². The molecule has 0 aliphatic rings. The number of esters is 1. The zero-order chi connectivity index (χ0) is 15.5. The largest absolute Gasteiger partial charge is 0.467 e. The van der Waals surface area contributed by atoms with Crippen molar-refractivity contribution in [3.8, 4) is 0 Å². The first kappa shape index (κ1) is 15.0. The highest BCUT2D eigenvalue weighted by Crippen LogP contribution is 2.29. The van der Waals surface area contributed by atoms with Gasteiger partial charge in [-0.3, -0.25) is 0 Å². The van der Waals surface area contributed by atoms with Crippen LogP contribution in [0.2, 0.25) is 0 Å². The molecule has 0 aliphatic carbocycles. The number of aryl methyl sites for hydroxylation is 1. The Balaban J connectivity index is 2.48. The Kier molecular flexibility index (Phi) is 4.26. The predicted octanol–water partition coefficient (Wildman–Crippen LogP) is 3.63. The topological polar surface area (TPSA) is 38.3 Å². The molecule has 21 heavy (non-hydrogen) atoms. The number of benzene rings is 2. The average Bonchev–Trinajstić information content (AvgIpc) is 2.48. The van der Waals surface area contributed by atoms with E-state index in [0.29, 0.717) is 5.56 Å². The lowest BCUT2D eigenvalue weighted by atomic mass is 9.91. The highest BCUT2D eigenvalue weighted by molar-refractivity contribution is 5.86. The van der Waals surface area contributed by atoms with Gasteiger partial charge in [-0.2, -0.15) is 0 Å². The molecule has 2 rings (SSSR count). The lowest BCUT2D eigenvalue weighted by Gasteiger charge is -2.30. The second-order valence-electron chi connectivity index (χ2n) is 5.07. The van der Waals surface area contributed by atoms with E-state index in [2.05, 4.69) is 5.32 Å². The molecule has 1 atom stereocenters. The fraction of sp³-hybridized carbons (Fsp3) is 0.235. The molecule has 4 heteroatoms. The van der Waals surface area contributed by atoms with Crippen molar-refractivity contribution in [2.75, 3.05) is 12.4 Å². The van der Waals surface area contributed by atoms with Gasteiger partial charge in [0.05, 0.1) is 7.11 Å². The second-order valence-corrected chi connectivity index (χ2v) is 5.07. The van der Waals surface area contributed by atoms with Gasteiger partial charge in [0.15, 0.2) is 5.54 Å². The second kappa shape index (κ2) is 5.95. The minimum atomic E-state index is -1.16. The van der Waals surface area contributed by atoms with E-state index in [4.69, 9.17) is 4.74 Å². The molecule has 0 amide bonds. The van der Waals surface area contributed by atoms with Crippen LogP contribution in [0.5, 0.6) is 0 Å². The van der Waals surface area contributed by atoms with Crippen LogP contribution in [-0.2, 0) is 15.1 Å². The third kappa shape index (κ3) is 3.05. The van der Waals surface area contributed by atoms with Crippen molar-refractivity contribution in [1.82, 2.24) is 0 Å². The van der Waals surface area contributed by atoms with E-state index in [1.807, 2.05) is 31.2 Å². The first-order valence-electron chi connectivity index (χ1n) is 6.65. The molecule has 0 bridgehead atoms. The number of halogens is 1. The van der Waals surface area contributed by atoms with E-state index >= 15 is 0 Å². The Morgan fingerprint density at radius 1 is 1.19 bits per heavy atom. The maximum Gasteiger partial charge on any atom is 0.335 e. The summed E-state index contributed by atoms with van der Waals surface area (Å²) in [7, 11) is 1.32. The third-order valence-electron chi connectivity index (χ3n) is 3.53. The summed E-state index contributed by atoms with van der Waals surface area (Å²) in [5.41, 5.74) is 1.14. The summed E-state index contributed by atoms with van der Waals surface area (Å²) in [6.45, 7) is 3.62. The van der Waals surface area contributed by atoms with Gasteiger partial charge in [0.25, 0.3) is 0 Å². The fourth-order valence-electron chi connectivity index (χ4n) is 2.23. The lowest BCUT2D eigenvalue weighted by molar-refractivity contribution is -0.145. The van der Waals surface area contributed by atoms with Crippen LogP contribution >= 0.6 is 0 Å². The van der Waals surface area contributed by atoms with Crippen molar-refractivity contribution >= 4 is 11.7 Å². The number of rotatable bonds is 4. The van der Waals surface area contributed by atoms with Crippen LogP contribution in [0.15, 0.2) is 48.5 Å². The molecule has 3 nitrogen and oxygen atoms in total. The highest BCUT2D eigenvalue weighted by Gasteiger charge is 2.37. The van der Waals surface area contributed by atoms with Gasteiger partial charge in [-0.25, -0.2) is 9.18 Å². The number of anilines is 1. The van der Waals surface area contributed by atoms with Crippen LogP contribution in [0.4, 0.5) is 10.1 Å². The first-order valence-corrected chi connectivity index (χ1v) is 6.65. The van der Waals surface area contributed by atoms with E-state index in [-0.39, 0.29) is 0 Å². The summed E-state index contributed by atoms with van der Waals surface area (Å²) in [5, 5.41) is 3.18. The van der Waals surface area contributed by atoms with Crippen molar-refractivity contribution in [3.63, 3.8) is 0 Å². The number of ether oxygens (including phenoxy) is 1. The molecule has 0 radical (unpaired) electrons. The van der Waals surface area contributed by atoms with Crippen LogP contribution in [0.1, 0.15) is 18.1 Å². The summed E-state index contributed by atoms with van der Waals surface area (Å²) in [5.74, 6) is -0.870. The molecule has 0 spiro atoms. The number of hydrogen-bond donors (Lipinski definition) is 1. The van der Waals surface area contributed by atoms with Gasteiger partial charge in [-0.15, -0.1) is 0 Å². The molecule has 2 aromatic rings. The number of methoxy groups -OCH3 is 1. The molecular formula is C17H18FNO2. The fourth-order valence-corrected chi connectivity index (χ4v) is 2.23. The van der Waals surface area contributed by atoms with Gasteiger partial charge >= 0.3 is 5.97 Å². The van der Waals surface area contributed by atoms with Crippen LogP contribution < -0.4 is 5.32 Å². The average molecular weight is 287 g/mol. The number of hydrogen-bond acceptors (Lipinski definition) is 3. The minimum absolute atomic E-state index is 0.394. The molecule has 0 saturated carbocycles. The van der Waals surface area contributed by atoms with Gasteiger partial charge in [0.1, 0.15) is 5.82 Å². The molecular weight excluding hydrogens is 269 g/mol. The zero-order valence-corrected chi connectivity index (χ0v) is 12.3. The van der Waals surface area contributed by atoms with Crippen LogP contribution in [0, 0.1) is 12.7 Å². The molecule has 0 aliphatic heterocycles. The SMILES string of the molecule is COC(=O)C(C)(Nc1ccccc1C)c1cccc(F)c1. The Hall–Kier alpha value is -2.36. The van der Waals surface area contributed by atoms with Gasteiger partial charge in [0.2, 0.25) is 0 Å². The zero-order valence-electron chi connectivity index (χ0n) is 12.3. The highest BCUT2D eigenvalue weighted by atomic mass is 19.1. The Morgan fingerprint density at radius 2 is 1.90 bits per heavy atom. The predicted molar refractivity (Wildman–Crippen MR) is 80.6 cm³/mol. The van der Waals surface area contributed by atoms with Gasteiger partial charge < -0.3 is 10.1 Å². The summed E-state index contributed by atoms with van der Waals surface area (Å²) >= 11 is 0. The Morgan fingerprint density at radius 3 is 2.52 bits per heavy atom. The van der Waals surface area contributed by atoms with Crippen molar-refractivity contribution in [2.45, 2.75) is 19.4 Å². The molecule has 0 fully saturated rings. The van der Waals surface area contributed by atoms with Crippen molar-refractivity contribution in [2.24, 2.45) is 0 Å². The molecule has 0 saturated heterocycles. The van der Waals surface area contributed by atoms with Crippen LogP contribution in [0.3, 0.4) is 0 Å². The van der Waals surface area contributed by atoms with Gasteiger partial charge in [-0.05, 0) is 43.2 Å². The van der Waals surface area contributed by atoms with Crippen molar-refractivity contribution in [3.05, 3.63) is 65.5 Å². The molecule has 2 aromatic carbocycles. The Bertz CT molecular complexity index is 657. The smallest absolute Gasteiger partial charge is 0.335 e. The van der Waals surface area contributed by atoms with Crippen LogP contribution in [-0.4, -0.2) is 13.1 Å². The third-order valence-corrected chi connectivity index (χ3v) is 3.53. The lowest BCUT2D eigenvalue weighted by Crippen LogP contribution is -2.41. The minimum Gasteiger partial charge on any atom is -0.467 e. The van der Waals surface area contributed by atoms with E-state index in [0.717, 1.165) is 11.3 Å². The molecule has 1 N–H and O–H groups in total. The normalized spacial score (nSPS) is 13.3.